The third-order valence-corrected chi connectivity index (χ3v) is 1.83. The normalized spacial score (nSPS) is 9.87. The highest BCUT2D eigenvalue weighted by Crippen LogP contribution is 2.02. The zero-order valence-corrected chi connectivity index (χ0v) is 8.26. The number of hydrogen-bond acceptors (Lipinski definition) is 5. The molecule has 2 heterocycles. The highest BCUT2D eigenvalue weighted by atomic mass is 35.5. The van der Waals surface area contributed by atoms with Crippen molar-refractivity contribution in [3.8, 4) is 6.07 Å². The molecule has 0 fully saturated rings. The summed E-state index contributed by atoms with van der Waals surface area (Å²) in [6.45, 7) is 0.416. The summed E-state index contributed by atoms with van der Waals surface area (Å²) < 4.78 is 1.51. The van der Waals surface area contributed by atoms with Gasteiger partial charge in [-0.25, -0.2) is 14.6 Å². The molecule has 0 aliphatic heterocycles. The average Bonchev–Trinajstić information content (AvgIpc) is 2.69. The topological polar surface area (TPSA) is 80.3 Å². The van der Waals surface area contributed by atoms with Crippen LogP contribution in [0.1, 0.15) is 11.5 Å². The van der Waals surface area contributed by atoms with E-state index in [4.69, 9.17) is 16.9 Å². The molecule has 74 valence electrons. The van der Waals surface area contributed by atoms with Gasteiger partial charge in [-0.2, -0.15) is 5.26 Å². The van der Waals surface area contributed by atoms with Gasteiger partial charge in [0.25, 0.3) is 5.82 Å². The van der Waals surface area contributed by atoms with Crippen LogP contribution < -0.4 is 0 Å². The molecule has 0 atom stereocenters. The first-order valence-corrected chi connectivity index (χ1v) is 4.41. The Morgan fingerprint density at radius 3 is 2.80 bits per heavy atom. The largest absolute Gasteiger partial charge is 0.254 e. The minimum absolute atomic E-state index is 0.136. The third kappa shape index (κ3) is 2.27. The van der Waals surface area contributed by atoms with Gasteiger partial charge in [-0.3, -0.25) is 4.98 Å². The highest BCUT2D eigenvalue weighted by molar-refractivity contribution is 6.29. The van der Waals surface area contributed by atoms with Crippen molar-refractivity contribution in [2.45, 2.75) is 6.54 Å². The van der Waals surface area contributed by atoms with E-state index in [9.17, 15) is 0 Å². The van der Waals surface area contributed by atoms with E-state index in [2.05, 4.69) is 20.1 Å². The summed E-state index contributed by atoms with van der Waals surface area (Å²) in [7, 11) is 0. The van der Waals surface area contributed by atoms with E-state index in [0.29, 0.717) is 17.4 Å². The number of hydrogen-bond donors (Lipinski definition) is 0. The smallest absolute Gasteiger partial charge is 0.252 e. The van der Waals surface area contributed by atoms with Crippen LogP contribution >= 0.6 is 11.6 Å². The van der Waals surface area contributed by atoms with Gasteiger partial charge in [0.2, 0.25) is 0 Å². The van der Waals surface area contributed by atoms with Gasteiger partial charge in [-0.1, -0.05) is 11.6 Å². The monoisotopic (exact) mass is 220 g/mol. The molecule has 2 rings (SSSR count). The van der Waals surface area contributed by atoms with Crippen molar-refractivity contribution >= 4 is 11.6 Å². The van der Waals surface area contributed by atoms with Gasteiger partial charge >= 0.3 is 0 Å². The Morgan fingerprint density at radius 2 is 2.20 bits per heavy atom. The quantitative estimate of drug-likeness (QED) is 0.742. The van der Waals surface area contributed by atoms with Crippen LogP contribution in [0, 0.1) is 11.3 Å². The third-order valence-electron chi connectivity index (χ3n) is 1.63. The minimum atomic E-state index is 0.136. The molecule has 2 aromatic rings. The van der Waals surface area contributed by atoms with Crippen molar-refractivity contribution in [2.24, 2.45) is 0 Å². The molecule has 0 saturated heterocycles. The van der Waals surface area contributed by atoms with Crippen LogP contribution in [-0.2, 0) is 6.54 Å². The first-order valence-electron chi connectivity index (χ1n) is 4.04. The second kappa shape index (κ2) is 4.02. The van der Waals surface area contributed by atoms with Crippen molar-refractivity contribution in [3.05, 3.63) is 35.4 Å². The molecular formula is C8H5ClN6. The van der Waals surface area contributed by atoms with Crippen LogP contribution in [0.15, 0.2) is 18.7 Å². The van der Waals surface area contributed by atoms with E-state index in [0.717, 1.165) is 0 Å². The molecule has 0 radical (unpaired) electrons. The van der Waals surface area contributed by atoms with Crippen LogP contribution in [0.4, 0.5) is 0 Å². The number of rotatable bonds is 2. The molecule has 0 bridgehead atoms. The Balaban J connectivity index is 2.15. The molecule has 15 heavy (non-hydrogen) atoms. The van der Waals surface area contributed by atoms with Crippen molar-refractivity contribution in [3.63, 3.8) is 0 Å². The predicted molar refractivity (Wildman–Crippen MR) is 50.9 cm³/mol. The van der Waals surface area contributed by atoms with Gasteiger partial charge in [0.1, 0.15) is 17.5 Å². The first-order chi connectivity index (χ1) is 7.28. The molecule has 0 amide bonds. The summed E-state index contributed by atoms with van der Waals surface area (Å²) >= 11 is 5.59. The molecule has 0 unspecified atom stereocenters. The summed E-state index contributed by atoms with van der Waals surface area (Å²) in [5.41, 5.74) is 0.703. The Kier molecular flexibility index (Phi) is 2.56. The molecular weight excluding hydrogens is 216 g/mol. The number of nitrogens with zero attached hydrogens (tertiary/aromatic N) is 6. The van der Waals surface area contributed by atoms with E-state index in [-0.39, 0.29) is 5.82 Å². The lowest BCUT2D eigenvalue weighted by molar-refractivity contribution is 0.666. The van der Waals surface area contributed by atoms with Gasteiger partial charge in [0.05, 0.1) is 24.6 Å². The van der Waals surface area contributed by atoms with Gasteiger partial charge in [0, 0.05) is 0 Å². The standard InChI is InChI=1S/C8H5ClN6/c9-7-3-11-6(2-12-7)4-15-5-13-8(1-10)14-15/h2-3,5H,4H2. The van der Waals surface area contributed by atoms with Crippen LogP contribution in [-0.4, -0.2) is 24.7 Å². The highest BCUT2D eigenvalue weighted by Gasteiger charge is 2.01. The average molecular weight is 221 g/mol. The molecule has 2 aromatic heterocycles. The molecule has 0 saturated carbocycles. The van der Waals surface area contributed by atoms with Gasteiger partial charge < -0.3 is 0 Å². The first kappa shape index (κ1) is 9.55. The van der Waals surface area contributed by atoms with E-state index < -0.39 is 0 Å². The molecule has 0 aliphatic carbocycles. The second-order valence-corrected chi connectivity index (χ2v) is 3.10. The lowest BCUT2D eigenvalue weighted by Gasteiger charge is -1.98. The van der Waals surface area contributed by atoms with Crippen molar-refractivity contribution in [1.82, 2.24) is 24.7 Å². The minimum Gasteiger partial charge on any atom is -0.254 e. The fraction of sp³-hybridized carbons (Fsp3) is 0.125. The predicted octanol–water partition coefficient (Wildman–Crippen LogP) is 0.641. The number of halogens is 1. The maximum atomic E-state index is 8.52. The second-order valence-electron chi connectivity index (χ2n) is 2.71. The van der Waals surface area contributed by atoms with E-state index >= 15 is 0 Å². The summed E-state index contributed by atoms with van der Waals surface area (Å²) in [6, 6.07) is 1.84. The van der Waals surface area contributed by atoms with Gasteiger partial charge in [-0.05, 0) is 0 Å². The van der Waals surface area contributed by atoms with E-state index in [1.54, 1.807) is 6.20 Å². The lowest BCUT2D eigenvalue weighted by atomic mass is 10.4. The Labute approximate surface area is 90.2 Å². The fourth-order valence-corrected chi connectivity index (χ4v) is 1.11. The maximum absolute atomic E-state index is 8.52. The lowest BCUT2D eigenvalue weighted by Crippen LogP contribution is -2.03. The Morgan fingerprint density at radius 1 is 1.33 bits per heavy atom. The van der Waals surface area contributed by atoms with Gasteiger partial charge in [-0.15, -0.1) is 5.10 Å². The van der Waals surface area contributed by atoms with Crippen LogP contribution in [0.3, 0.4) is 0 Å². The zero-order chi connectivity index (χ0) is 10.7. The van der Waals surface area contributed by atoms with Crippen LogP contribution in [0.25, 0.3) is 0 Å². The molecule has 7 heteroatoms. The number of nitriles is 1. The van der Waals surface area contributed by atoms with Crippen LogP contribution in [0.2, 0.25) is 5.15 Å². The molecule has 6 nitrogen and oxygen atoms in total. The van der Waals surface area contributed by atoms with E-state index in [1.807, 2.05) is 6.07 Å². The SMILES string of the molecule is N#Cc1ncn(Cc2cnc(Cl)cn2)n1. The Bertz CT molecular complexity index is 497. The summed E-state index contributed by atoms with van der Waals surface area (Å²) in [5.74, 6) is 0.136. The van der Waals surface area contributed by atoms with Crippen molar-refractivity contribution in [2.75, 3.05) is 0 Å². The summed E-state index contributed by atoms with van der Waals surface area (Å²) in [4.78, 5) is 11.7. The maximum Gasteiger partial charge on any atom is 0.252 e. The van der Waals surface area contributed by atoms with Crippen molar-refractivity contribution < 1.29 is 0 Å². The van der Waals surface area contributed by atoms with Crippen LogP contribution in [0.5, 0.6) is 0 Å². The molecule has 0 aromatic carbocycles. The fourth-order valence-electron chi connectivity index (χ4n) is 1.01. The molecule has 0 spiro atoms. The van der Waals surface area contributed by atoms with E-state index in [1.165, 1.54) is 17.2 Å². The molecule has 0 N–H and O–H groups in total. The zero-order valence-electron chi connectivity index (χ0n) is 7.50. The summed E-state index contributed by atoms with van der Waals surface area (Å²) in [5, 5.41) is 12.8. The molecule has 0 aliphatic rings. The Hall–Kier alpha value is -2.00. The number of aromatic nitrogens is 5. The summed E-state index contributed by atoms with van der Waals surface area (Å²) in [6.07, 6.45) is 4.48. The van der Waals surface area contributed by atoms with Gasteiger partial charge in [0.15, 0.2) is 0 Å². The van der Waals surface area contributed by atoms with Crippen molar-refractivity contribution in [1.29, 1.82) is 5.26 Å².